The van der Waals surface area contributed by atoms with Gasteiger partial charge in [0.15, 0.2) is 11.5 Å². The van der Waals surface area contributed by atoms with E-state index < -0.39 is 23.5 Å². The van der Waals surface area contributed by atoms with E-state index in [1.807, 2.05) is 113 Å². The van der Waals surface area contributed by atoms with Crippen LogP contribution in [0.4, 0.5) is 17.1 Å². The number of hydrogen-bond donors (Lipinski definition) is 0. The van der Waals surface area contributed by atoms with Gasteiger partial charge in [-0.05, 0) is 98.8 Å². The first-order valence-electron chi connectivity index (χ1n) is 36.4. The second-order valence-corrected chi connectivity index (χ2v) is 26.5. The number of benzene rings is 5. The maximum Gasteiger partial charge on any atom is 0.345 e. The number of nitrogens with zero attached hydrogens (tertiary/aromatic N) is 9. The van der Waals surface area contributed by atoms with Gasteiger partial charge in [0.05, 0.1) is 79.6 Å². The molecule has 3 saturated heterocycles. The molecule has 0 atom stereocenters. The molecule has 0 spiro atoms. The van der Waals surface area contributed by atoms with Gasteiger partial charge in [-0.3, -0.25) is 28.9 Å². The van der Waals surface area contributed by atoms with Crippen molar-refractivity contribution in [2.75, 3.05) is 120 Å². The molecule has 14 rings (SSSR count). The van der Waals surface area contributed by atoms with E-state index in [1.54, 1.807) is 78.1 Å². The molecule has 1 aliphatic carbocycles. The molecule has 0 bridgehead atoms. The van der Waals surface area contributed by atoms with Gasteiger partial charge in [0.25, 0.3) is 28.5 Å². The summed E-state index contributed by atoms with van der Waals surface area (Å²) in [5, 5.41) is 2.54. The van der Waals surface area contributed by atoms with Gasteiger partial charge in [0.1, 0.15) is 22.4 Å². The third-order valence-electron chi connectivity index (χ3n) is 20.2. The normalized spacial score (nSPS) is 14.6. The largest absolute Gasteiger partial charge is 0.497 e. The average Bonchev–Trinajstić information content (AvgIpc) is 0.850. The van der Waals surface area contributed by atoms with Crippen LogP contribution in [0.3, 0.4) is 0 Å². The maximum absolute atomic E-state index is 14.0. The summed E-state index contributed by atoms with van der Waals surface area (Å²) in [5.74, 6) is -0.194. The molecule has 0 unspecified atom stereocenters. The minimum absolute atomic E-state index is 0. The third kappa shape index (κ3) is 17.9. The highest BCUT2D eigenvalue weighted by Crippen LogP contribution is 2.36. The van der Waals surface area contributed by atoms with Crippen molar-refractivity contribution in [2.45, 2.75) is 101 Å². The third-order valence-corrected chi connectivity index (χ3v) is 20.2. The summed E-state index contributed by atoms with van der Waals surface area (Å²) >= 11 is 0. The number of rotatable bonds is 19. The maximum atomic E-state index is 14.0. The van der Waals surface area contributed by atoms with Crippen molar-refractivity contribution >= 4 is 79.5 Å². The number of furan rings is 2. The van der Waals surface area contributed by atoms with E-state index in [2.05, 4.69) is 34.1 Å². The molecule has 23 heteroatoms. The van der Waals surface area contributed by atoms with E-state index in [9.17, 15) is 38.4 Å². The van der Waals surface area contributed by atoms with Gasteiger partial charge in [0.2, 0.25) is 0 Å². The fourth-order valence-corrected chi connectivity index (χ4v) is 14.8. The summed E-state index contributed by atoms with van der Waals surface area (Å²) in [6, 6.07) is 47.7. The lowest BCUT2D eigenvalue weighted by atomic mass is 9.87. The van der Waals surface area contributed by atoms with Crippen LogP contribution in [0, 0.1) is 5.92 Å². The van der Waals surface area contributed by atoms with Gasteiger partial charge in [-0.15, -0.1) is 0 Å². The van der Waals surface area contributed by atoms with Crippen LogP contribution in [0.15, 0.2) is 187 Å². The van der Waals surface area contributed by atoms with Crippen LogP contribution in [0.1, 0.15) is 145 Å². The van der Waals surface area contributed by atoms with Crippen LogP contribution in [0.25, 0.3) is 32.7 Å². The summed E-state index contributed by atoms with van der Waals surface area (Å²) in [4.78, 5) is 118. The number of aromatic nitrogens is 3. The monoisotopic (exact) mass is 1470 g/mol. The average molecular weight is 1470 g/mol. The first-order chi connectivity index (χ1) is 51.2. The predicted octanol–water partition coefficient (Wildman–Crippen LogP) is 13.4. The Balaban J connectivity index is 0.000000186. The van der Waals surface area contributed by atoms with Crippen LogP contribution >= 0.6 is 0 Å². The van der Waals surface area contributed by atoms with Gasteiger partial charge < -0.3 is 66.0 Å². The summed E-state index contributed by atoms with van der Waals surface area (Å²) < 4.78 is 36.7. The van der Waals surface area contributed by atoms with Crippen LogP contribution in [0.2, 0.25) is 0 Å². The minimum Gasteiger partial charge on any atom is -0.497 e. The molecule has 4 aliphatic rings. The number of carbonyl (C=O) groups is 5. The number of ether oxygens (including phenoxy) is 4. The molecule has 10 aromatic rings. The smallest absolute Gasteiger partial charge is 0.345 e. The number of esters is 3. The van der Waals surface area contributed by atoms with Crippen molar-refractivity contribution < 1.29 is 51.8 Å². The van der Waals surface area contributed by atoms with Crippen molar-refractivity contribution in [3.8, 4) is 5.75 Å². The Morgan fingerprint density at radius 2 is 0.824 bits per heavy atom. The van der Waals surface area contributed by atoms with Gasteiger partial charge in [-0.2, -0.15) is 0 Å². The first kappa shape index (κ1) is 80.9. The molecule has 572 valence electrons. The first-order valence-corrected chi connectivity index (χ1v) is 36.4. The SMILES string of the molecule is C.C.C.CCOC(=O)c1c(N2CCN(C(=O)c3ccco3)CC2)c2ccccc2n(CCC2CCCCC2)c1=O.CCOC(=O)c1c(N2CCN(C(=O)c3ccco3)CC2)c2ccccc2n(Cc2ccc(OC)cc2)c1=O.CCOC(=O)c1c(N2CCN(Cc3ccccc3)CC2)c2ccccc2n(C)c1=O. The topological polar surface area (TPSA) is 234 Å². The lowest BCUT2D eigenvalue weighted by Gasteiger charge is -2.37. The molecule has 0 radical (unpaired) electrons. The predicted molar refractivity (Wildman–Crippen MR) is 425 cm³/mol. The van der Waals surface area contributed by atoms with Gasteiger partial charge >= 0.3 is 17.9 Å². The van der Waals surface area contributed by atoms with E-state index in [1.165, 1.54) is 54.8 Å². The van der Waals surface area contributed by atoms with Crippen molar-refractivity contribution in [1.29, 1.82) is 0 Å². The second-order valence-electron chi connectivity index (χ2n) is 26.5. The number of anilines is 3. The summed E-state index contributed by atoms with van der Waals surface area (Å²) in [6.07, 6.45) is 10.1. The van der Waals surface area contributed by atoms with Crippen molar-refractivity contribution in [2.24, 2.45) is 13.0 Å². The number of hydrogen-bond acceptors (Lipinski definition) is 18. The second kappa shape index (κ2) is 37.9. The number of piperazine rings is 3. The lowest BCUT2D eigenvalue weighted by Crippen LogP contribution is -2.49. The Morgan fingerprint density at radius 1 is 0.426 bits per heavy atom. The van der Waals surface area contributed by atoms with Crippen molar-refractivity contribution in [3.63, 3.8) is 0 Å². The molecule has 23 nitrogen and oxygen atoms in total. The van der Waals surface area contributed by atoms with Crippen LogP contribution in [0.5, 0.6) is 5.75 Å². The van der Waals surface area contributed by atoms with E-state index in [-0.39, 0.29) is 94.0 Å². The Morgan fingerprint density at radius 3 is 1.27 bits per heavy atom. The fourth-order valence-electron chi connectivity index (χ4n) is 14.8. The Hall–Kier alpha value is -11.2. The quantitative estimate of drug-likeness (QED) is 0.0540. The highest BCUT2D eigenvalue weighted by atomic mass is 16.5. The van der Waals surface area contributed by atoms with Crippen molar-refractivity contribution in [1.82, 2.24) is 28.4 Å². The summed E-state index contributed by atoms with van der Waals surface area (Å²) in [5.41, 5.74) is 5.61. The van der Waals surface area contributed by atoms with Crippen LogP contribution in [-0.4, -0.2) is 164 Å². The highest BCUT2D eigenvalue weighted by Gasteiger charge is 2.35. The zero-order valence-corrected chi connectivity index (χ0v) is 60.4. The molecular weight excluding hydrogens is 1370 g/mol. The molecule has 3 aliphatic heterocycles. The zero-order valence-electron chi connectivity index (χ0n) is 60.4. The van der Waals surface area contributed by atoms with Gasteiger partial charge in [0, 0.05) is 115 Å². The Kier molecular flexibility index (Phi) is 28.4. The number of fused-ring (bicyclic) bond motifs is 3. The summed E-state index contributed by atoms with van der Waals surface area (Å²) in [7, 11) is 3.30. The number of pyridine rings is 3. The van der Waals surface area contributed by atoms with E-state index in [4.69, 9.17) is 27.8 Å². The summed E-state index contributed by atoms with van der Waals surface area (Å²) in [6.45, 7) is 14.4. The molecule has 108 heavy (non-hydrogen) atoms. The zero-order chi connectivity index (χ0) is 73.5. The lowest BCUT2D eigenvalue weighted by molar-refractivity contribution is 0.0514. The number of para-hydroxylation sites is 3. The highest BCUT2D eigenvalue weighted by molar-refractivity contribution is 6.08. The molecule has 4 fully saturated rings. The molecule has 2 amide bonds. The number of aryl methyl sites for hydroxylation is 2. The molecular formula is C85H103N9O14. The number of carbonyl (C=O) groups excluding carboxylic acids is 5. The van der Waals surface area contributed by atoms with Gasteiger partial charge in [-0.1, -0.05) is 151 Å². The van der Waals surface area contributed by atoms with Crippen LogP contribution < -0.4 is 36.1 Å². The van der Waals surface area contributed by atoms with Crippen LogP contribution in [-0.2, 0) is 40.9 Å². The standard InChI is InChI=1S/C29H29N3O6.C29H35N3O5.C24H27N3O3.3CH4/c1-3-37-29(35)25-26(30-14-16-31(17-15-30)27(33)24-9-6-18-38-24)22-7-4-5-8-23(22)32(28(25)34)19-20-10-12-21(36-2)13-11-20;1-2-36-29(35)25-26(30-16-18-31(19-17-30)27(33)24-13-8-20-37-24)22-11-6-7-12-23(22)32(28(25)34)15-14-21-9-4-3-5-10-21;1-3-30-24(29)21-22(19-11-7-8-12-20(19)25(2)23(21)28)27-15-13-26(14-16-27)17-18-9-5-4-6-10-18;;;/h4-13,18H,3,14-17,19H2,1-2H3;6-8,11-13,20-21H,2-5,9-10,14-19H2,1H3;4-12H,3,13-17H2,1-2H3;3*1H4. The van der Waals surface area contributed by atoms with E-state index in [0.717, 1.165) is 77.6 Å². The molecule has 5 aromatic carbocycles. The van der Waals surface area contributed by atoms with E-state index in [0.29, 0.717) is 93.2 Å². The minimum atomic E-state index is -0.657. The number of methoxy groups -OCH3 is 1. The van der Waals surface area contributed by atoms with Gasteiger partial charge in [-0.25, -0.2) is 14.4 Å². The Bertz CT molecular complexity index is 4870. The fraction of sp³-hybridized carbons (Fsp3) is 0.388. The molecule has 0 N–H and O–H groups in total. The molecule has 1 saturated carbocycles. The molecule has 5 aromatic heterocycles. The van der Waals surface area contributed by atoms with E-state index >= 15 is 0 Å². The Labute approximate surface area is 631 Å². The molecule has 8 heterocycles. The number of amides is 2. The van der Waals surface area contributed by atoms with Crippen molar-refractivity contribution in [3.05, 3.63) is 235 Å².